The third-order valence-electron chi connectivity index (χ3n) is 5.62. The van der Waals surface area contributed by atoms with Crippen molar-refractivity contribution in [3.05, 3.63) is 41.5 Å². The van der Waals surface area contributed by atoms with E-state index in [9.17, 15) is 8.42 Å². The summed E-state index contributed by atoms with van der Waals surface area (Å²) < 4.78 is 35.5. The largest absolute Gasteiger partial charge is 0.415 e. The average Bonchev–Trinajstić information content (AvgIpc) is 2.47. The van der Waals surface area contributed by atoms with Crippen LogP contribution >= 0.6 is 0 Å². The van der Waals surface area contributed by atoms with Gasteiger partial charge >= 0.3 is 0 Å². The number of sulfonamides is 1. The van der Waals surface area contributed by atoms with Gasteiger partial charge in [-0.25, -0.2) is 13.1 Å². The van der Waals surface area contributed by atoms with Crippen molar-refractivity contribution in [1.29, 1.82) is 0 Å². The van der Waals surface area contributed by atoms with Gasteiger partial charge in [-0.05, 0) is 55.9 Å². The number of hydrogen-bond donors (Lipinski definition) is 1. The molecule has 0 amide bonds. The van der Waals surface area contributed by atoms with Crippen LogP contribution in [-0.4, -0.2) is 29.4 Å². The molecule has 0 saturated carbocycles. The molecule has 1 aromatic rings. The number of hydrogen-bond acceptors (Lipinski definition) is 3. The molecule has 0 aliphatic rings. The maximum absolute atomic E-state index is 13.1. The molecule has 27 heavy (non-hydrogen) atoms. The summed E-state index contributed by atoms with van der Waals surface area (Å²) >= 11 is 0. The van der Waals surface area contributed by atoms with Crippen molar-refractivity contribution in [3.63, 3.8) is 0 Å². The highest BCUT2D eigenvalue weighted by molar-refractivity contribution is 7.89. The molecule has 0 spiro atoms. The average molecular weight is 412 g/mol. The Bertz CT molecular complexity index is 756. The molecule has 0 saturated heterocycles. The van der Waals surface area contributed by atoms with Gasteiger partial charge in [0.1, 0.15) is 0 Å². The van der Waals surface area contributed by atoms with Crippen LogP contribution in [0.25, 0.3) is 0 Å². The first kappa shape index (κ1) is 24.1. The molecule has 0 radical (unpaired) electrons. The van der Waals surface area contributed by atoms with Crippen molar-refractivity contribution in [2.24, 2.45) is 5.92 Å². The van der Waals surface area contributed by atoms with Gasteiger partial charge in [0, 0.05) is 0 Å². The van der Waals surface area contributed by atoms with Gasteiger partial charge in [0.05, 0.1) is 17.5 Å². The second-order valence-electron chi connectivity index (χ2n) is 9.12. The molecule has 2 atom stereocenters. The van der Waals surface area contributed by atoms with Gasteiger partial charge in [0.2, 0.25) is 10.0 Å². The predicted octanol–water partition coefficient (Wildman–Crippen LogP) is 5.10. The van der Waals surface area contributed by atoms with E-state index in [0.717, 1.165) is 16.7 Å². The van der Waals surface area contributed by atoms with E-state index in [1.54, 1.807) is 6.08 Å². The topological polar surface area (TPSA) is 55.4 Å². The second-order valence-corrected chi connectivity index (χ2v) is 15.6. The van der Waals surface area contributed by atoms with Crippen molar-refractivity contribution in [3.8, 4) is 0 Å². The highest BCUT2D eigenvalue weighted by Gasteiger charge is 2.38. The highest BCUT2D eigenvalue weighted by atomic mass is 32.2. The van der Waals surface area contributed by atoms with E-state index in [0.29, 0.717) is 11.5 Å². The Balaban J connectivity index is 3.15. The summed E-state index contributed by atoms with van der Waals surface area (Å²) in [6.45, 7) is 22.7. The fourth-order valence-electron chi connectivity index (χ4n) is 2.82. The van der Waals surface area contributed by atoms with Gasteiger partial charge in [0.15, 0.2) is 8.32 Å². The third-order valence-corrected chi connectivity index (χ3v) is 11.9. The van der Waals surface area contributed by atoms with Crippen LogP contribution in [0.15, 0.2) is 29.7 Å². The maximum Gasteiger partial charge on any atom is 0.241 e. The van der Waals surface area contributed by atoms with E-state index < -0.39 is 18.3 Å². The Morgan fingerprint density at radius 3 is 2.07 bits per heavy atom. The molecule has 4 nitrogen and oxygen atoms in total. The van der Waals surface area contributed by atoms with E-state index in [1.165, 1.54) is 0 Å². The summed E-state index contributed by atoms with van der Waals surface area (Å²) in [6.07, 6.45) is 1.77. The van der Waals surface area contributed by atoms with E-state index in [4.69, 9.17) is 4.43 Å². The van der Waals surface area contributed by atoms with Crippen molar-refractivity contribution >= 4 is 18.3 Å². The van der Waals surface area contributed by atoms with Crippen LogP contribution in [-0.2, 0) is 14.4 Å². The van der Waals surface area contributed by atoms with Gasteiger partial charge in [-0.15, -0.1) is 6.58 Å². The molecule has 0 bridgehead atoms. The summed E-state index contributed by atoms with van der Waals surface area (Å²) in [5.74, 6) is -0.0457. The lowest BCUT2D eigenvalue weighted by atomic mass is 10.0. The molecule has 0 unspecified atom stereocenters. The number of rotatable bonds is 8. The molecule has 0 heterocycles. The lowest BCUT2D eigenvalue weighted by Crippen LogP contribution is -2.48. The van der Waals surface area contributed by atoms with Gasteiger partial charge in [-0.2, -0.15) is 0 Å². The van der Waals surface area contributed by atoms with Crippen LogP contribution in [0.1, 0.15) is 44.4 Å². The lowest BCUT2D eigenvalue weighted by Gasteiger charge is -2.38. The minimum absolute atomic E-state index is 0.0457. The second kappa shape index (κ2) is 8.60. The first-order chi connectivity index (χ1) is 12.1. The van der Waals surface area contributed by atoms with Gasteiger partial charge in [-0.3, -0.25) is 0 Å². The zero-order valence-corrected chi connectivity index (χ0v) is 20.3. The number of aryl methyl sites for hydroxylation is 3. The summed E-state index contributed by atoms with van der Waals surface area (Å²) in [5, 5.41) is 0.0674. The zero-order chi connectivity index (χ0) is 21.2. The van der Waals surface area contributed by atoms with Gasteiger partial charge in [0.25, 0.3) is 0 Å². The third kappa shape index (κ3) is 6.01. The first-order valence-electron chi connectivity index (χ1n) is 9.49. The molecule has 0 aliphatic carbocycles. The van der Waals surface area contributed by atoms with E-state index in [-0.39, 0.29) is 17.0 Å². The number of nitrogens with one attached hydrogen (secondary N) is 1. The Morgan fingerprint density at radius 2 is 1.67 bits per heavy atom. The van der Waals surface area contributed by atoms with E-state index in [1.807, 2.05) is 39.8 Å². The van der Waals surface area contributed by atoms with Gasteiger partial charge in [-0.1, -0.05) is 51.5 Å². The molecule has 154 valence electrons. The Labute approximate surface area is 167 Å². The SMILES string of the molecule is C=C[C@H](C)[C@@H](CO[Si](C)(C)C(C)(C)C)NS(=O)(=O)c1c(C)cc(C)cc1C. The summed E-state index contributed by atoms with van der Waals surface area (Å²) in [4.78, 5) is 0.363. The van der Waals surface area contributed by atoms with Crippen LogP contribution in [0, 0.1) is 26.7 Å². The summed E-state index contributed by atoms with van der Waals surface area (Å²) in [7, 11) is -5.64. The number of benzene rings is 1. The van der Waals surface area contributed by atoms with E-state index in [2.05, 4.69) is 45.2 Å². The minimum atomic E-state index is -3.66. The van der Waals surface area contributed by atoms with E-state index >= 15 is 0 Å². The van der Waals surface area contributed by atoms with Crippen LogP contribution in [0.4, 0.5) is 0 Å². The van der Waals surface area contributed by atoms with Crippen LogP contribution < -0.4 is 4.72 Å². The normalized spacial score (nSPS) is 15.4. The van der Waals surface area contributed by atoms with Crippen molar-refractivity contribution in [2.75, 3.05) is 6.61 Å². The maximum atomic E-state index is 13.1. The van der Waals surface area contributed by atoms with Crippen molar-refractivity contribution < 1.29 is 12.8 Å². The van der Waals surface area contributed by atoms with Crippen molar-refractivity contribution in [2.45, 2.75) is 77.5 Å². The Morgan fingerprint density at radius 1 is 1.19 bits per heavy atom. The minimum Gasteiger partial charge on any atom is -0.415 e. The molecule has 1 rings (SSSR count). The fourth-order valence-corrected chi connectivity index (χ4v) is 5.61. The van der Waals surface area contributed by atoms with Crippen molar-refractivity contribution in [1.82, 2.24) is 4.72 Å². The van der Waals surface area contributed by atoms with Crippen LogP contribution in [0.3, 0.4) is 0 Å². The molecular formula is C21H37NO3SSi. The highest BCUT2D eigenvalue weighted by Crippen LogP contribution is 2.36. The quantitative estimate of drug-likeness (QED) is 0.478. The van der Waals surface area contributed by atoms with Crippen LogP contribution in [0.2, 0.25) is 18.1 Å². The first-order valence-corrected chi connectivity index (χ1v) is 13.9. The molecule has 0 fully saturated rings. The fraction of sp³-hybridized carbons (Fsp3) is 0.619. The smallest absolute Gasteiger partial charge is 0.241 e. The molecule has 1 aromatic carbocycles. The lowest BCUT2D eigenvalue weighted by molar-refractivity contribution is 0.236. The molecule has 0 aliphatic heterocycles. The molecular weight excluding hydrogens is 374 g/mol. The Hall–Kier alpha value is -0.953. The standard InChI is InChI=1S/C21H37NO3SSi/c1-11-16(3)19(14-25-27(9,10)21(6,7)8)22-26(23,24)20-17(4)12-15(2)13-18(20)5/h11-13,16,19,22H,1,14H2,2-10H3/t16-,19+/m0/s1. The summed E-state index contributed by atoms with van der Waals surface area (Å²) in [5.41, 5.74) is 2.58. The monoisotopic (exact) mass is 411 g/mol. The predicted molar refractivity (Wildman–Crippen MR) is 117 cm³/mol. The molecule has 1 N–H and O–H groups in total. The van der Waals surface area contributed by atoms with Gasteiger partial charge < -0.3 is 4.43 Å². The molecule has 0 aromatic heterocycles. The zero-order valence-electron chi connectivity index (χ0n) is 18.4. The Kier molecular flexibility index (Phi) is 7.67. The molecule has 6 heteroatoms. The summed E-state index contributed by atoms with van der Waals surface area (Å²) in [6, 6.07) is 3.45. The van der Waals surface area contributed by atoms with Crippen LogP contribution in [0.5, 0.6) is 0 Å².